The van der Waals surface area contributed by atoms with Gasteiger partial charge in [0.25, 0.3) is 5.91 Å². The van der Waals surface area contributed by atoms with E-state index in [1.54, 1.807) is 32.3 Å². The van der Waals surface area contributed by atoms with Crippen molar-refractivity contribution in [1.29, 1.82) is 0 Å². The predicted octanol–water partition coefficient (Wildman–Crippen LogP) is 2.80. The van der Waals surface area contributed by atoms with Crippen LogP contribution in [0.5, 0.6) is 5.75 Å². The van der Waals surface area contributed by atoms with Crippen molar-refractivity contribution in [3.05, 3.63) is 69.5 Å². The summed E-state index contributed by atoms with van der Waals surface area (Å²) in [6.45, 7) is -0.403. The first-order chi connectivity index (χ1) is 17.1. The molecule has 1 N–H and O–H groups in total. The summed E-state index contributed by atoms with van der Waals surface area (Å²) in [5.41, 5.74) is 1.03. The van der Waals surface area contributed by atoms with Crippen LogP contribution in [0.3, 0.4) is 0 Å². The number of allylic oxidation sites excluding steroid dienone is 1. The van der Waals surface area contributed by atoms with E-state index in [2.05, 4.69) is 22.6 Å². The highest BCUT2D eigenvalue weighted by atomic mass is 127. The fraction of sp³-hybridized carbons (Fsp3) is 0.400. The second-order valence-electron chi connectivity index (χ2n) is 8.35. The molecule has 1 heterocycles. The van der Waals surface area contributed by atoms with Crippen molar-refractivity contribution in [1.82, 2.24) is 9.21 Å². The summed E-state index contributed by atoms with van der Waals surface area (Å²) in [5, 5.41) is 9.46. The second-order valence-corrected chi connectivity index (χ2v) is 11.5. The van der Waals surface area contributed by atoms with E-state index in [1.807, 2.05) is 24.3 Å². The average molecular weight is 631 g/mol. The molecule has 0 spiro atoms. The van der Waals surface area contributed by atoms with Crippen LogP contribution >= 0.6 is 22.6 Å². The number of benzene rings is 2. The lowest BCUT2D eigenvalue weighted by Crippen LogP contribution is -2.38. The van der Waals surface area contributed by atoms with Gasteiger partial charge in [-0.05, 0) is 70.6 Å². The van der Waals surface area contributed by atoms with Crippen LogP contribution in [0.15, 0.2) is 65.3 Å². The van der Waals surface area contributed by atoms with Crippen molar-refractivity contribution in [3.63, 3.8) is 0 Å². The molecule has 0 saturated carbocycles. The quantitative estimate of drug-likeness (QED) is 0.381. The van der Waals surface area contributed by atoms with E-state index in [1.165, 1.54) is 24.1 Å². The van der Waals surface area contributed by atoms with Gasteiger partial charge in [-0.1, -0.05) is 12.1 Å². The van der Waals surface area contributed by atoms with Gasteiger partial charge in [0.05, 0.1) is 25.2 Å². The zero-order chi connectivity index (χ0) is 26.3. The molecular formula is C25H31IN2O7S. The number of carbonyl (C=O) groups excluding carboxylic acids is 1. The van der Waals surface area contributed by atoms with E-state index >= 15 is 0 Å². The Kier molecular flexibility index (Phi) is 10.1. The van der Waals surface area contributed by atoms with Crippen LogP contribution in [-0.4, -0.2) is 82.4 Å². The number of hydrogen-bond acceptors (Lipinski definition) is 7. The van der Waals surface area contributed by atoms with Gasteiger partial charge in [-0.15, -0.1) is 0 Å². The topological polar surface area (TPSA) is 106 Å². The van der Waals surface area contributed by atoms with Crippen LogP contribution in [0, 0.1) is 3.57 Å². The summed E-state index contributed by atoms with van der Waals surface area (Å²) in [6, 6.07) is 14.1. The number of rotatable bonds is 11. The van der Waals surface area contributed by atoms with Crippen LogP contribution in [0.2, 0.25) is 0 Å². The van der Waals surface area contributed by atoms with E-state index in [-0.39, 0.29) is 48.8 Å². The Morgan fingerprint density at radius 2 is 1.78 bits per heavy atom. The first-order valence-electron chi connectivity index (χ1n) is 11.4. The van der Waals surface area contributed by atoms with Gasteiger partial charge in [0.1, 0.15) is 5.75 Å². The number of aliphatic hydroxyl groups excluding tert-OH is 1. The fourth-order valence-corrected chi connectivity index (χ4v) is 5.49. The van der Waals surface area contributed by atoms with Crippen molar-refractivity contribution in [2.75, 3.05) is 47.5 Å². The van der Waals surface area contributed by atoms with Crippen LogP contribution in [-0.2, 0) is 24.3 Å². The summed E-state index contributed by atoms with van der Waals surface area (Å²) < 4.78 is 45.3. The van der Waals surface area contributed by atoms with Gasteiger partial charge in [0.2, 0.25) is 16.3 Å². The molecular weight excluding hydrogens is 599 g/mol. The Bertz CT molecular complexity index is 1150. The maximum Gasteiger partial charge on any atom is 0.288 e. The molecule has 2 aromatic rings. The number of amides is 1. The van der Waals surface area contributed by atoms with E-state index in [0.29, 0.717) is 12.2 Å². The Hall–Kier alpha value is -2.19. The first-order valence-corrected chi connectivity index (χ1v) is 13.9. The Labute approximate surface area is 225 Å². The first kappa shape index (κ1) is 28.4. The maximum atomic E-state index is 13.1. The number of hydrogen-bond donors (Lipinski definition) is 1. The number of ether oxygens (including phenoxy) is 3. The summed E-state index contributed by atoms with van der Waals surface area (Å²) in [7, 11) is 0.935. The van der Waals surface area contributed by atoms with E-state index in [0.717, 1.165) is 13.4 Å². The third-order valence-corrected chi connectivity index (χ3v) is 8.30. The van der Waals surface area contributed by atoms with Crippen molar-refractivity contribution in [2.24, 2.45) is 0 Å². The standard InChI is InChI=1S/C25H31IN2O7S/c1-27(2)25(30)23-16-19(18-4-6-20(26)7-5-18)17-24(35-23)34-15-13-28(12-14-29)36(31,32)22-10-8-21(33-3)9-11-22/h4-11,16,19,24,29H,12-15,17H2,1-3H3/t19-,24+/m1/s1. The molecule has 1 aliphatic rings. The molecule has 0 radical (unpaired) electrons. The molecule has 1 aliphatic heterocycles. The van der Waals surface area contributed by atoms with E-state index in [9.17, 15) is 18.3 Å². The molecule has 0 fully saturated rings. The summed E-state index contributed by atoms with van der Waals surface area (Å²) in [5.74, 6) is 0.358. The lowest BCUT2D eigenvalue weighted by Gasteiger charge is -2.31. The van der Waals surface area contributed by atoms with Crippen LogP contribution in [0.4, 0.5) is 0 Å². The van der Waals surface area contributed by atoms with Crippen molar-refractivity contribution in [3.8, 4) is 5.75 Å². The molecule has 3 rings (SSSR count). The molecule has 11 heteroatoms. The minimum absolute atomic E-state index is 0.00363. The Morgan fingerprint density at radius 1 is 1.11 bits per heavy atom. The van der Waals surface area contributed by atoms with Gasteiger partial charge >= 0.3 is 0 Å². The number of aliphatic hydroxyl groups is 1. The smallest absolute Gasteiger partial charge is 0.288 e. The molecule has 0 saturated heterocycles. The third-order valence-electron chi connectivity index (χ3n) is 5.66. The van der Waals surface area contributed by atoms with Crippen molar-refractivity contribution >= 4 is 38.5 Å². The largest absolute Gasteiger partial charge is 0.497 e. The molecule has 0 aliphatic carbocycles. The number of halogens is 1. The van der Waals surface area contributed by atoms with E-state index in [4.69, 9.17) is 14.2 Å². The van der Waals surface area contributed by atoms with Gasteiger partial charge in [0, 0.05) is 43.1 Å². The number of methoxy groups -OCH3 is 1. The highest BCUT2D eigenvalue weighted by Crippen LogP contribution is 2.32. The minimum atomic E-state index is -3.86. The van der Waals surface area contributed by atoms with Gasteiger partial charge in [-0.2, -0.15) is 4.31 Å². The predicted molar refractivity (Wildman–Crippen MR) is 143 cm³/mol. The fourth-order valence-electron chi connectivity index (χ4n) is 3.72. The molecule has 36 heavy (non-hydrogen) atoms. The molecule has 0 bridgehead atoms. The zero-order valence-electron chi connectivity index (χ0n) is 20.5. The van der Waals surface area contributed by atoms with Gasteiger partial charge in [0.15, 0.2) is 5.76 Å². The number of carbonyl (C=O) groups is 1. The van der Waals surface area contributed by atoms with Gasteiger partial charge < -0.3 is 24.2 Å². The van der Waals surface area contributed by atoms with Gasteiger partial charge in [-0.3, -0.25) is 4.79 Å². The molecule has 2 atom stereocenters. The summed E-state index contributed by atoms with van der Waals surface area (Å²) in [6.07, 6.45) is 1.53. The van der Waals surface area contributed by atoms with Crippen molar-refractivity contribution < 1.29 is 32.5 Å². The molecule has 1 amide bonds. The van der Waals surface area contributed by atoms with Gasteiger partial charge in [-0.25, -0.2) is 8.42 Å². The lowest BCUT2D eigenvalue weighted by molar-refractivity contribution is -0.151. The van der Waals surface area contributed by atoms with Crippen LogP contribution in [0.1, 0.15) is 17.9 Å². The normalized spacial score (nSPS) is 17.9. The van der Waals surface area contributed by atoms with Crippen molar-refractivity contribution in [2.45, 2.75) is 23.5 Å². The average Bonchev–Trinajstić information content (AvgIpc) is 2.87. The molecule has 2 aromatic carbocycles. The lowest BCUT2D eigenvalue weighted by atomic mass is 9.93. The number of nitrogens with zero attached hydrogens (tertiary/aromatic N) is 2. The maximum absolute atomic E-state index is 13.1. The second kappa shape index (κ2) is 12.9. The monoisotopic (exact) mass is 630 g/mol. The highest BCUT2D eigenvalue weighted by Gasteiger charge is 2.30. The van der Waals surface area contributed by atoms with Crippen LogP contribution in [0.25, 0.3) is 0 Å². The number of likely N-dealkylation sites (N-methyl/N-ethyl adjacent to an activating group) is 1. The Morgan fingerprint density at radius 3 is 2.36 bits per heavy atom. The highest BCUT2D eigenvalue weighted by molar-refractivity contribution is 14.1. The Balaban J connectivity index is 1.71. The number of sulfonamides is 1. The summed E-state index contributed by atoms with van der Waals surface area (Å²) >= 11 is 2.24. The summed E-state index contributed by atoms with van der Waals surface area (Å²) in [4.78, 5) is 14.2. The molecule has 196 valence electrons. The third kappa shape index (κ3) is 7.19. The molecule has 0 unspecified atom stereocenters. The zero-order valence-corrected chi connectivity index (χ0v) is 23.4. The molecule has 9 nitrogen and oxygen atoms in total. The minimum Gasteiger partial charge on any atom is -0.497 e. The van der Waals surface area contributed by atoms with Crippen LogP contribution < -0.4 is 4.74 Å². The van der Waals surface area contributed by atoms with E-state index < -0.39 is 16.3 Å². The SMILES string of the molecule is COc1ccc(S(=O)(=O)N(CCO)CCO[C@@H]2C[C@H](c3ccc(I)cc3)C=C(C(=O)N(C)C)O2)cc1. The molecule has 0 aromatic heterocycles.